The highest BCUT2D eigenvalue weighted by Crippen LogP contribution is 2.27. The number of hydrogen-bond acceptors (Lipinski definition) is 6. The largest absolute Gasteiger partial charge is 0.379 e. The highest BCUT2D eigenvalue weighted by Gasteiger charge is 2.38. The van der Waals surface area contributed by atoms with E-state index in [1.165, 1.54) is 12.4 Å². The molecule has 0 spiro atoms. The van der Waals surface area contributed by atoms with E-state index in [0.717, 1.165) is 51.3 Å². The van der Waals surface area contributed by atoms with Crippen LogP contribution in [-0.4, -0.2) is 84.7 Å². The minimum absolute atomic E-state index is 0.0411. The quantitative estimate of drug-likeness (QED) is 0.368. The van der Waals surface area contributed by atoms with E-state index in [1.54, 1.807) is 0 Å². The molecule has 0 bridgehead atoms. The third-order valence-electron chi connectivity index (χ3n) is 6.05. The Labute approximate surface area is 202 Å². The first kappa shape index (κ1) is 27.8. The van der Waals surface area contributed by atoms with E-state index in [-0.39, 0.29) is 17.7 Å². The molecular weight excluding hydrogens is 436 g/mol. The van der Waals surface area contributed by atoms with Gasteiger partial charge in [0.25, 0.3) is 0 Å². The molecular formula is C25H40N4O5. The molecule has 190 valence electrons. The summed E-state index contributed by atoms with van der Waals surface area (Å²) in [6.45, 7) is 10.9. The van der Waals surface area contributed by atoms with E-state index in [4.69, 9.17) is 9.94 Å². The van der Waals surface area contributed by atoms with E-state index in [0.29, 0.717) is 25.4 Å². The number of carbonyl (C=O) groups is 3. The van der Waals surface area contributed by atoms with E-state index in [1.807, 2.05) is 35.2 Å². The molecule has 2 atom stereocenters. The number of morpholine rings is 1. The van der Waals surface area contributed by atoms with Crippen LogP contribution >= 0.6 is 0 Å². The van der Waals surface area contributed by atoms with Gasteiger partial charge in [0, 0.05) is 52.0 Å². The number of likely N-dealkylation sites (tertiary alicyclic amines) is 1. The van der Waals surface area contributed by atoms with Gasteiger partial charge in [0.2, 0.25) is 17.7 Å². The Balaban J connectivity index is 0.000000739. The van der Waals surface area contributed by atoms with Crippen molar-refractivity contribution in [2.75, 3.05) is 45.9 Å². The smallest absolute Gasteiger partial charge is 0.243 e. The zero-order valence-electron chi connectivity index (χ0n) is 20.7. The molecule has 0 radical (unpaired) electrons. The van der Waals surface area contributed by atoms with Gasteiger partial charge in [0.05, 0.1) is 13.2 Å². The first-order valence-electron chi connectivity index (χ1n) is 12.1. The fourth-order valence-corrected chi connectivity index (χ4v) is 4.32. The molecule has 0 aromatic heterocycles. The highest BCUT2D eigenvalue weighted by atomic mass is 16.5. The van der Waals surface area contributed by atoms with Gasteiger partial charge in [-0.05, 0) is 24.3 Å². The maximum Gasteiger partial charge on any atom is 0.243 e. The molecule has 0 aliphatic carbocycles. The molecule has 9 heteroatoms. The number of hydroxylamine groups is 1. The Kier molecular flexibility index (Phi) is 12.0. The summed E-state index contributed by atoms with van der Waals surface area (Å²) < 4.78 is 5.38. The molecule has 9 nitrogen and oxygen atoms in total. The second kappa shape index (κ2) is 14.7. The lowest BCUT2D eigenvalue weighted by atomic mass is 9.96. The Morgan fingerprint density at radius 2 is 1.79 bits per heavy atom. The van der Waals surface area contributed by atoms with Crippen molar-refractivity contribution in [3.8, 4) is 0 Å². The molecule has 2 fully saturated rings. The van der Waals surface area contributed by atoms with Crippen LogP contribution in [0, 0.1) is 11.8 Å². The summed E-state index contributed by atoms with van der Waals surface area (Å²) >= 11 is 0. The predicted octanol–water partition coefficient (Wildman–Crippen LogP) is 1.45. The number of benzene rings is 1. The number of hydrogen-bond donors (Lipinski definition) is 3. The lowest BCUT2D eigenvalue weighted by Crippen LogP contribution is -2.51. The number of amides is 3. The van der Waals surface area contributed by atoms with Crippen LogP contribution in [0.25, 0.3) is 0 Å². The molecule has 2 saturated heterocycles. The summed E-state index contributed by atoms with van der Waals surface area (Å²) in [6.07, 6.45) is 2.31. The van der Waals surface area contributed by atoms with Gasteiger partial charge in [-0.25, -0.2) is 5.48 Å². The molecule has 2 aliphatic heterocycles. The van der Waals surface area contributed by atoms with Crippen LogP contribution in [0.5, 0.6) is 0 Å². The molecule has 1 aromatic carbocycles. The highest BCUT2D eigenvalue weighted by molar-refractivity contribution is 5.89. The molecule has 3 amide bonds. The molecule has 3 rings (SSSR count). The Bertz CT molecular complexity index is 768. The van der Waals surface area contributed by atoms with Crippen molar-refractivity contribution in [3.63, 3.8) is 0 Å². The SMILES string of the molecule is CC(=O)NO.CC(C)CC1CCN(C(Cc2ccccc2)C(=O)NCCN2CCOCC2)C1=O. The van der Waals surface area contributed by atoms with Crippen LogP contribution in [0.1, 0.15) is 39.2 Å². The van der Waals surface area contributed by atoms with Crippen LogP contribution in [0.15, 0.2) is 30.3 Å². The van der Waals surface area contributed by atoms with Gasteiger partial charge < -0.3 is 15.0 Å². The third kappa shape index (κ3) is 9.40. The monoisotopic (exact) mass is 476 g/mol. The number of nitrogens with one attached hydrogen (secondary N) is 2. The van der Waals surface area contributed by atoms with Crippen LogP contribution in [0.3, 0.4) is 0 Å². The van der Waals surface area contributed by atoms with Crippen molar-refractivity contribution in [2.45, 2.75) is 46.1 Å². The number of ether oxygens (including phenoxy) is 1. The Hall–Kier alpha value is -2.49. The summed E-state index contributed by atoms with van der Waals surface area (Å²) in [5, 5.41) is 10.6. The number of carbonyl (C=O) groups excluding carboxylic acids is 3. The summed E-state index contributed by atoms with van der Waals surface area (Å²) in [5.41, 5.74) is 2.47. The Morgan fingerprint density at radius 3 is 2.38 bits per heavy atom. The standard InChI is InChI=1S/C23H35N3O3.C2H5NO2/c1-18(2)16-20-8-10-26(23(20)28)21(17-19-6-4-3-5-7-19)22(27)24-9-11-25-12-14-29-15-13-25;1-2(4)3-5/h3-7,18,20-21H,8-17H2,1-2H3,(H,24,27);5H,1H3,(H,3,4). The van der Waals surface area contributed by atoms with Crippen LogP contribution < -0.4 is 10.8 Å². The van der Waals surface area contributed by atoms with Crippen LogP contribution in [0.4, 0.5) is 0 Å². The molecule has 2 unspecified atom stereocenters. The lowest BCUT2D eigenvalue weighted by Gasteiger charge is -2.29. The van der Waals surface area contributed by atoms with Gasteiger partial charge in [-0.1, -0.05) is 44.2 Å². The second-order valence-electron chi connectivity index (χ2n) is 9.27. The van der Waals surface area contributed by atoms with Gasteiger partial charge in [-0.15, -0.1) is 0 Å². The van der Waals surface area contributed by atoms with Crippen molar-refractivity contribution in [1.29, 1.82) is 0 Å². The van der Waals surface area contributed by atoms with Gasteiger partial charge in [-0.2, -0.15) is 0 Å². The van der Waals surface area contributed by atoms with Gasteiger partial charge in [0.15, 0.2) is 0 Å². The summed E-state index contributed by atoms with van der Waals surface area (Å²) in [5.74, 6) is 0.196. The first-order valence-corrected chi connectivity index (χ1v) is 12.1. The van der Waals surface area contributed by atoms with E-state index in [9.17, 15) is 14.4 Å². The summed E-state index contributed by atoms with van der Waals surface area (Å²) in [6, 6.07) is 9.55. The van der Waals surface area contributed by atoms with Gasteiger partial charge in [-0.3, -0.25) is 24.5 Å². The first-order chi connectivity index (χ1) is 16.3. The summed E-state index contributed by atoms with van der Waals surface area (Å²) in [4.78, 5) is 39.7. The average Bonchev–Trinajstić information content (AvgIpc) is 3.18. The van der Waals surface area contributed by atoms with Crippen molar-refractivity contribution in [3.05, 3.63) is 35.9 Å². The van der Waals surface area contributed by atoms with Gasteiger partial charge in [0.1, 0.15) is 6.04 Å². The van der Waals surface area contributed by atoms with E-state index < -0.39 is 11.9 Å². The molecule has 3 N–H and O–H groups in total. The van der Waals surface area contributed by atoms with Crippen molar-refractivity contribution < 1.29 is 24.3 Å². The Morgan fingerprint density at radius 1 is 1.15 bits per heavy atom. The average molecular weight is 477 g/mol. The van der Waals surface area contributed by atoms with Gasteiger partial charge >= 0.3 is 0 Å². The van der Waals surface area contributed by atoms with Crippen molar-refractivity contribution >= 4 is 17.7 Å². The molecule has 2 heterocycles. The van der Waals surface area contributed by atoms with E-state index >= 15 is 0 Å². The third-order valence-corrected chi connectivity index (χ3v) is 6.05. The minimum atomic E-state index is -0.440. The number of nitrogens with zero attached hydrogens (tertiary/aromatic N) is 2. The number of rotatable bonds is 9. The molecule has 2 aliphatic rings. The van der Waals surface area contributed by atoms with Crippen LogP contribution in [-0.2, 0) is 25.5 Å². The molecule has 1 aromatic rings. The molecule has 34 heavy (non-hydrogen) atoms. The maximum absolute atomic E-state index is 13.1. The fraction of sp³-hybridized carbons (Fsp3) is 0.640. The topological polar surface area (TPSA) is 111 Å². The normalized spacial score (nSPS) is 19.4. The zero-order valence-corrected chi connectivity index (χ0v) is 20.7. The maximum atomic E-state index is 13.1. The fourth-order valence-electron chi connectivity index (χ4n) is 4.32. The minimum Gasteiger partial charge on any atom is -0.379 e. The summed E-state index contributed by atoms with van der Waals surface area (Å²) in [7, 11) is 0. The van der Waals surface area contributed by atoms with Crippen molar-refractivity contribution in [1.82, 2.24) is 20.6 Å². The van der Waals surface area contributed by atoms with Crippen molar-refractivity contribution in [2.24, 2.45) is 11.8 Å². The second-order valence-corrected chi connectivity index (χ2v) is 9.27. The molecule has 0 saturated carbocycles. The lowest BCUT2D eigenvalue weighted by molar-refractivity contribution is -0.139. The van der Waals surface area contributed by atoms with E-state index in [2.05, 4.69) is 24.1 Å². The predicted molar refractivity (Wildman–Crippen MR) is 129 cm³/mol. The zero-order chi connectivity index (χ0) is 24.9. The van der Waals surface area contributed by atoms with Crippen LogP contribution in [0.2, 0.25) is 0 Å².